The van der Waals surface area contributed by atoms with Gasteiger partial charge in [-0.1, -0.05) is 36.8 Å². The highest BCUT2D eigenvalue weighted by molar-refractivity contribution is 7.10. The highest BCUT2D eigenvalue weighted by atomic mass is 32.1. The number of carbonyl (C=O) groups excluding carboxylic acids is 1. The molecule has 3 rings (SSSR count). The Hall–Kier alpha value is -1.75. The first-order chi connectivity index (χ1) is 8.83. The van der Waals surface area contributed by atoms with E-state index in [4.69, 9.17) is 0 Å². The summed E-state index contributed by atoms with van der Waals surface area (Å²) in [6.45, 7) is 0. The van der Waals surface area contributed by atoms with Gasteiger partial charge in [0.25, 0.3) is 0 Å². The minimum Gasteiger partial charge on any atom is -0.300 e. The molecular formula is C13H13N3OS. The van der Waals surface area contributed by atoms with Crippen molar-refractivity contribution in [2.75, 3.05) is 5.32 Å². The zero-order valence-corrected chi connectivity index (χ0v) is 10.6. The van der Waals surface area contributed by atoms with Crippen LogP contribution in [0.5, 0.6) is 0 Å². The van der Waals surface area contributed by atoms with Crippen LogP contribution < -0.4 is 5.32 Å². The Balaban J connectivity index is 1.71. The van der Waals surface area contributed by atoms with Crippen LogP contribution in [0.2, 0.25) is 0 Å². The highest BCUT2D eigenvalue weighted by Gasteiger charge is 2.25. The third kappa shape index (κ3) is 2.26. The molecule has 1 aromatic carbocycles. The number of hydrogen-bond acceptors (Lipinski definition) is 4. The molecule has 18 heavy (non-hydrogen) atoms. The SMILES string of the molecule is O=C(Nc1nc(-c2ccccc2)ns1)C1CCC1. The van der Waals surface area contributed by atoms with Crippen molar-refractivity contribution < 1.29 is 4.79 Å². The Labute approximate surface area is 109 Å². The van der Waals surface area contributed by atoms with Gasteiger partial charge in [-0.25, -0.2) is 0 Å². The lowest BCUT2D eigenvalue weighted by Crippen LogP contribution is -2.27. The van der Waals surface area contributed by atoms with Crippen LogP contribution >= 0.6 is 11.5 Å². The van der Waals surface area contributed by atoms with E-state index >= 15 is 0 Å². The van der Waals surface area contributed by atoms with Gasteiger partial charge in [0.2, 0.25) is 11.0 Å². The lowest BCUT2D eigenvalue weighted by molar-refractivity contribution is -0.122. The summed E-state index contributed by atoms with van der Waals surface area (Å²) in [4.78, 5) is 16.1. The van der Waals surface area contributed by atoms with E-state index in [9.17, 15) is 4.79 Å². The van der Waals surface area contributed by atoms with Gasteiger partial charge in [-0.15, -0.1) is 0 Å². The van der Waals surface area contributed by atoms with Crippen molar-refractivity contribution in [1.82, 2.24) is 9.36 Å². The number of nitrogens with one attached hydrogen (secondary N) is 1. The zero-order valence-electron chi connectivity index (χ0n) is 9.80. The van der Waals surface area contributed by atoms with Crippen LogP contribution in [0.3, 0.4) is 0 Å². The molecule has 4 nitrogen and oxygen atoms in total. The molecule has 1 aromatic heterocycles. The van der Waals surface area contributed by atoms with E-state index in [2.05, 4.69) is 14.7 Å². The van der Waals surface area contributed by atoms with Gasteiger partial charge < -0.3 is 5.32 Å². The van der Waals surface area contributed by atoms with E-state index < -0.39 is 0 Å². The fourth-order valence-electron chi connectivity index (χ4n) is 1.86. The van der Waals surface area contributed by atoms with Crippen molar-refractivity contribution in [3.05, 3.63) is 30.3 Å². The molecule has 1 N–H and O–H groups in total. The van der Waals surface area contributed by atoms with Crippen molar-refractivity contribution in [2.45, 2.75) is 19.3 Å². The Morgan fingerprint density at radius 3 is 2.72 bits per heavy atom. The molecule has 0 unspecified atom stereocenters. The minimum absolute atomic E-state index is 0.0806. The van der Waals surface area contributed by atoms with Crippen LogP contribution in [0.15, 0.2) is 30.3 Å². The molecule has 0 spiro atoms. The first kappa shape index (κ1) is 11.3. The fourth-order valence-corrected chi connectivity index (χ4v) is 2.45. The van der Waals surface area contributed by atoms with Gasteiger partial charge in [0.05, 0.1) is 0 Å². The molecular weight excluding hydrogens is 246 g/mol. The van der Waals surface area contributed by atoms with E-state index in [0.717, 1.165) is 24.8 Å². The molecule has 0 aliphatic heterocycles. The Morgan fingerprint density at radius 1 is 1.28 bits per heavy atom. The fraction of sp³-hybridized carbons (Fsp3) is 0.308. The van der Waals surface area contributed by atoms with Gasteiger partial charge in [-0.2, -0.15) is 9.36 Å². The molecule has 5 heteroatoms. The van der Waals surface area contributed by atoms with Gasteiger partial charge in [0.15, 0.2) is 5.82 Å². The lowest BCUT2D eigenvalue weighted by atomic mass is 9.85. The van der Waals surface area contributed by atoms with Crippen LogP contribution in [0.1, 0.15) is 19.3 Å². The third-order valence-corrected chi connectivity index (χ3v) is 3.79. The topological polar surface area (TPSA) is 54.9 Å². The van der Waals surface area contributed by atoms with Gasteiger partial charge >= 0.3 is 0 Å². The molecule has 0 bridgehead atoms. The molecule has 0 radical (unpaired) electrons. The number of aromatic nitrogens is 2. The van der Waals surface area contributed by atoms with Gasteiger partial charge in [0.1, 0.15) is 0 Å². The molecule has 0 atom stereocenters. The molecule has 1 saturated carbocycles. The normalized spacial score (nSPS) is 15.1. The summed E-state index contributed by atoms with van der Waals surface area (Å²) >= 11 is 1.23. The van der Waals surface area contributed by atoms with Crippen molar-refractivity contribution in [1.29, 1.82) is 0 Å². The Bertz CT molecular complexity index is 548. The lowest BCUT2D eigenvalue weighted by Gasteiger charge is -2.23. The molecule has 2 aromatic rings. The Kier molecular flexibility index (Phi) is 3.06. The first-order valence-corrected chi connectivity index (χ1v) is 6.80. The summed E-state index contributed by atoms with van der Waals surface area (Å²) in [6, 6.07) is 9.76. The van der Waals surface area contributed by atoms with Crippen LogP contribution in [-0.4, -0.2) is 15.3 Å². The van der Waals surface area contributed by atoms with Gasteiger partial charge in [-0.05, 0) is 12.8 Å². The molecule has 1 aliphatic rings. The molecule has 1 amide bonds. The largest absolute Gasteiger partial charge is 0.300 e. The highest BCUT2D eigenvalue weighted by Crippen LogP contribution is 2.28. The average molecular weight is 259 g/mol. The van der Waals surface area contributed by atoms with E-state index in [0.29, 0.717) is 11.0 Å². The standard InChI is InChI=1S/C13H13N3OS/c17-12(10-7-4-8-10)15-13-14-11(16-18-13)9-5-2-1-3-6-9/h1-3,5-6,10H,4,7-8H2,(H,14,15,16,17). The molecule has 92 valence electrons. The second-order valence-corrected chi connectivity index (χ2v) is 5.16. The summed E-state index contributed by atoms with van der Waals surface area (Å²) in [6.07, 6.45) is 3.15. The summed E-state index contributed by atoms with van der Waals surface area (Å²) < 4.78 is 4.26. The predicted octanol–water partition coefficient (Wildman–Crippen LogP) is 2.94. The number of carbonyl (C=O) groups is 1. The number of amides is 1. The number of benzene rings is 1. The summed E-state index contributed by atoms with van der Waals surface area (Å²) in [5.41, 5.74) is 0.970. The maximum absolute atomic E-state index is 11.8. The van der Waals surface area contributed by atoms with Crippen molar-refractivity contribution in [3.63, 3.8) is 0 Å². The summed E-state index contributed by atoms with van der Waals surface area (Å²) in [5, 5.41) is 3.43. The Morgan fingerprint density at radius 2 is 2.06 bits per heavy atom. The predicted molar refractivity (Wildman–Crippen MR) is 71.3 cm³/mol. The zero-order chi connectivity index (χ0) is 12.4. The maximum atomic E-state index is 11.8. The third-order valence-electron chi connectivity index (χ3n) is 3.16. The number of anilines is 1. The van der Waals surface area contributed by atoms with Gasteiger partial charge in [0, 0.05) is 23.0 Å². The number of hydrogen-bond donors (Lipinski definition) is 1. The van der Waals surface area contributed by atoms with Gasteiger partial charge in [-0.3, -0.25) is 4.79 Å². The first-order valence-electron chi connectivity index (χ1n) is 6.03. The van der Waals surface area contributed by atoms with Crippen LogP contribution in [-0.2, 0) is 4.79 Å². The van der Waals surface area contributed by atoms with E-state index in [-0.39, 0.29) is 11.8 Å². The number of rotatable bonds is 3. The second kappa shape index (κ2) is 4.86. The van der Waals surface area contributed by atoms with Crippen molar-refractivity contribution in [2.24, 2.45) is 5.92 Å². The monoisotopic (exact) mass is 259 g/mol. The summed E-state index contributed by atoms with van der Waals surface area (Å²) in [7, 11) is 0. The summed E-state index contributed by atoms with van der Waals surface area (Å²) in [5.74, 6) is 0.926. The minimum atomic E-state index is 0.0806. The van der Waals surface area contributed by atoms with E-state index in [1.807, 2.05) is 30.3 Å². The molecule has 1 aliphatic carbocycles. The average Bonchev–Trinajstić information content (AvgIpc) is 2.76. The maximum Gasteiger partial charge on any atom is 0.229 e. The van der Waals surface area contributed by atoms with Crippen LogP contribution in [0.4, 0.5) is 5.13 Å². The smallest absolute Gasteiger partial charge is 0.229 e. The molecule has 1 fully saturated rings. The van der Waals surface area contributed by atoms with E-state index in [1.165, 1.54) is 11.5 Å². The molecule has 0 saturated heterocycles. The van der Waals surface area contributed by atoms with Crippen molar-refractivity contribution >= 4 is 22.6 Å². The molecule has 1 heterocycles. The van der Waals surface area contributed by atoms with Crippen LogP contribution in [0.25, 0.3) is 11.4 Å². The van der Waals surface area contributed by atoms with E-state index in [1.54, 1.807) is 0 Å². The number of nitrogens with zero attached hydrogens (tertiary/aromatic N) is 2. The quantitative estimate of drug-likeness (QED) is 0.922. The van der Waals surface area contributed by atoms with Crippen LogP contribution in [0, 0.1) is 5.92 Å². The van der Waals surface area contributed by atoms with Crippen molar-refractivity contribution in [3.8, 4) is 11.4 Å². The second-order valence-electron chi connectivity index (χ2n) is 4.41.